The molecule has 0 amide bonds. The van der Waals surface area contributed by atoms with E-state index in [-0.39, 0.29) is 25.3 Å². The number of imidazole rings is 2. The van der Waals surface area contributed by atoms with Crippen LogP contribution in [0.5, 0.6) is 11.5 Å². The van der Waals surface area contributed by atoms with Crippen LogP contribution in [0.1, 0.15) is 124 Å². The smallest absolute Gasteiger partial charge is 0.245 e. The van der Waals surface area contributed by atoms with Gasteiger partial charge in [0.1, 0.15) is 23.1 Å². The van der Waals surface area contributed by atoms with Gasteiger partial charge >= 0.3 is 0 Å². The molecular formula is C64H66B2N4O. The first-order valence-electron chi connectivity index (χ1n) is 25.7. The fraction of sp³-hybridized carbons (Fsp3) is 0.250. The van der Waals surface area contributed by atoms with Gasteiger partial charge in [0, 0.05) is 35.9 Å². The number of hydrogen-bond donors (Lipinski definition) is 0. The monoisotopic (exact) mass is 929 g/mol. The molecule has 10 rings (SSSR count). The van der Waals surface area contributed by atoms with Gasteiger partial charge in [-0.3, -0.25) is 9.13 Å². The minimum absolute atomic E-state index is 0.0933. The summed E-state index contributed by atoms with van der Waals surface area (Å²) in [5, 5.41) is 0. The van der Waals surface area contributed by atoms with Crippen molar-refractivity contribution in [1.82, 2.24) is 19.1 Å². The molecule has 1 aliphatic heterocycles. The van der Waals surface area contributed by atoms with E-state index in [4.69, 9.17) is 14.7 Å². The van der Waals surface area contributed by atoms with Crippen LogP contribution in [0.4, 0.5) is 0 Å². The Morgan fingerprint density at radius 1 is 0.408 bits per heavy atom. The topological polar surface area (TPSA) is 44.9 Å². The summed E-state index contributed by atoms with van der Waals surface area (Å²) in [7, 11) is 0. The average molecular weight is 929 g/mol. The lowest BCUT2D eigenvalue weighted by molar-refractivity contribution is 0.487. The Bertz CT molecular complexity index is 3350. The molecule has 0 aliphatic carbocycles. The lowest BCUT2D eigenvalue weighted by Crippen LogP contribution is -2.76. The molecule has 0 bridgehead atoms. The van der Waals surface area contributed by atoms with Crippen molar-refractivity contribution in [2.75, 3.05) is 0 Å². The highest BCUT2D eigenvalue weighted by Crippen LogP contribution is 2.34. The van der Waals surface area contributed by atoms with Crippen LogP contribution in [0, 0.1) is 27.7 Å². The molecule has 0 N–H and O–H groups in total. The molecule has 5 nitrogen and oxygen atoms in total. The van der Waals surface area contributed by atoms with Crippen LogP contribution < -0.4 is 37.5 Å². The minimum atomic E-state index is -0.129. The van der Waals surface area contributed by atoms with Crippen molar-refractivity contribution in [2.45, 2.75) is 107 Å². The summed E-state index contributed by atoms with van der Waals surface area (Å²) in [5.74, 6) is 4.49. The number of rotatable bonds is 12. The fourth-order valence-corrected chi connectivity index (χ4v) is 11.9. The molecule has 0 saturated carbocycles. The van der Waals surface area contributed by atoms with Crippen molar-refractivity contribution in [2.24, 2.45) is 0 Å². The van der Waals surface area contributed by atoms with Crippen LogP contribution in [0.15, 0.2) is 158 Å². The number of benzene rings is 7. The Kier molecular flexibility index (Phi) is 12.9. The third-order valence-electron chi connectivity index (χ3n) is 15.0. The molecule has 354 valence electrons. The Morgan fingerprint density at radius 3 is 1.31 bits per heavy atom. The summed E-state index contributed by atoms with van der Waals surface area (Å²) in [6.45, 7) is 27.3. The van der Waals surface area contributed by atoms with Gasteiger partial charge in [-0.25, -0.2) is 9.97 Å². The molecule has 0 spiro atoms. The van der Waals surface area contributed by atoms with Crippen molar-refractivity contribution in [1.29, 1.82) is 0 Å². The first-order chi connectivity index (χ1) is 34.2. The van der Waals surface area contributed by atoms with Gasteiger partial charge in [-0.05, 0) is 120 Å². The van der Waals surface area contributed by atoms with Crippen LogP contribution in [0.3, 0.4) is 0 Å². The summed E-state index contributed by atoms with van der Waals surface area (Å²) >= 11 is 0. The second-order valence-electron chi connectivity index (χ2n) is 21.1. The maximum Gasteiger partial charge on any atom is 0.245 e. The van der Waals surface area contributed by atoms with Gasteiger partial charge < -0.3 is 4.74 Å². The van der Waals surface area contributed by atoms with E-state index in [1.54, 1.807) is 0 Å². The van der Waals surface area contributed by atoms with Crippen molar-refractivity contribution in [3.8, 4) is 45.6 Å². The van der Waals surface area contributed by atoms with Crippen molar-refractivity contribution < 1.29 is 4.74 Å². The predicted molar refractivity (Wildman–Crippen MR) is 302 cm³/mol. The average Bonchev–Trinajstić information content (AvgIpc) is 4.04. The molecule has 7 heteroatoms. The third kappa shape index (κ3) is 8.47. The van der Waals surface area contributed by atoms with Gasteiger partial charge in [-0.1, -0.05) is 198 Å². The van der Waals surface area contributed by atoms with E-state index in [9.17, 15) is 0 Å². The van der Waals surface area contributed by atoms with Gasteiger partial charge in [0.05, 0.1) is 11.4 Å². The number of ether oxygens (including phenoxy) is 1. The second kappa shape index (κ2) is 19.2. The number of para-hydroxylation sites is 2. The summed E-state index contributed by atoms with van der Waals surface area (Å²) < 4.78 is 12.2. The van der Waals surface area contributed by atoms with Gasteiger partial charge in [-0.2, -0.15) is 0 Å². The van der Waals surface area contributed by atoms with Crippen molar-refractivity contribution in [3.63, 3.8) is 0 Å². The first-order valence-corrected chi connectivity index (χ1v) is 25.7. The Labute approximate surface area is 423 Å². The first kappa shape index (κ1) is 47.6. The fourth-order valence-electron chi connectivity index (χ4n) is 11.9. The summed E-state index contributed by atoms with van der Waals surface area (Å²) in [6.07, 6.45) is 8.02. The number of hydrogen-bond acceptors (Lipinski definition) is 3. The Hall–Kier alpha value is -7.11. The van der Waals surface area contributed by atoms with Gasteiger partial charge in [-0.15, -0.1) is 0 Å². The number of aromatic nitrogens is 4. The zero-order valence-corrected chi connectivity index (χ0v) is 43.7. The van der Waals surface area contributed by atoms with E-state index in [1.807, 2.05) is 12.4 Å². The molecular weight excluding hydrogens is 862 g/mol. The molecule has 3 heterocycles. The highest BCUT2D eigenvalue weighted by molar-refractivity contribution is 7.12. The zero-order chi connectivity index (χ0) is 49.8. The van der Waals surface area contributed by atoms with E-state index in [1.165, 1.54) is 77.3 Å². The highest BCUT2D eigenvalue weighted by atomic mass is 16.5. The van der Waals surface area contributed by atoms with Gasteiger partial charge in [0.25, 0.3) is 0 Å². The van der Waals surface area contributed by atoms with Gasteiger partial charge in [0.15, 0.2) is 0 Å². The highest BCUT2D eigenvalue weighted by Gasteiger charge is 2.44. The molecule has 1 aliphatic rings. The summed E-state index contributed by atoms with van der Waals surface area (Å²) in [4.78, 5) is 10.2. The largest absolute Gasteiger partial charge is 0.458 e. The second-order valence-corrected chi connectivity index (χ2v) is 21.1. The summed E-state index contributed by atoms with van der Waals surface area (Å²) in [6, 6.07) is 49.6. The molecule has 0 saturated heterocycles. The van der Waals surface area contributed by atoms with Crippen LogP contribution in [0.25, 0.3) is 34.2 Å². The number of aryl methyl sites for hydroxylation is 4. The van der Waals surface area contributed by atoms with Crippen LogP contribution in [-0.4, -0.2) is 32.5 Å². The molecule has 0 radical (unpaired) electrons. The molecule has 0 atom stereocenters. The molecule has 0 fully saturated rings. The standard InChI is InChI=1S/C64H66B2N4O/c1-39(2)50-26-18-27-51(40(3)4)58(50)65-54-30-13-14-31-55(54)66(59-52(41(5)6)28-19-29-53(59)42(7)8)60-56(65)37-48(64-68-33-35-70(64)62-45(11)22-16-23-46(62)12)38-57(60)71-49-25-17-24-47(36-49)63-67-32-34-69(63)61-43(9)20-15-21-44(61)10/h13-42H,1-12H3. The maximum absolute atomic E-state index is 7.67. The Morgan fingerprint density at radius 2 is 0.831 bits per heavy atom. The SMILES string of the molecule is Cc1cccc(C)c1-n1ccnc1-c1cccc(Oc2cc(-c3nccn3-c3c(C)cccc3C)cc3c2B(c2c(C(C)C)cccc2C(C)C)c2ccccc2B3c2c(C(C)C)cccc2C(C)C)c1. The van der Waals surface area contributed by atoms with E-state index in [0.29, 0.717) is 11.8 Å². The van der Waals surface area contributed by atoms with E-state index in [0.717, 1.165) is 45.6 Å². The molecule has 2 aromatic heterocycles. The van der Waals surface area contributed by atoms with E-state index in [2.05, 4.69) is 238 Å². The van der Waals surface area contributed by atoms with Crippen molar-refractivity contribution >= 4 is 46.2 Å². The van der Waals surface area contributed by atoms with Crippen LogP contribution >= 0.6 is 0 Å². The normalized spacial score (nSPS) is 12.4. The number of fused-ring (bicyclic) bond motifs is 2. The molecule has 71 heavy (non-hydrogen) atoms. The quantitative estimate of drug-likeness (QED) is 0.115. The van der Waals surface area contributed by atoms with Gasteiger partial charge in [0.2, 0.25) is 13.4 Å². The lowest BCUT2D eigenvalue weighted by Gasteiger charge is -2.38. The summed E-state index contributed by atoms with van der Waals surface area (Å²) in [5.41, 5.74) is 22.4. The maximum atomic E-state index is 7.67. The van der Waals surface area contributed by atoms with E-state index >= 15 is 0 Å². The molecule has 0 unspecified atom stereocenters. The Balaban J connectivity index is 1.32. The van der Waals surface area contributed by atoms with Crippen LogP contribution in [-0.2, 0) is 0 Å². The third-order valence-corrected chi connectivity index (χ3v) is 15.0. The van der Waals surface area contributed by atoms with Crippen LogP contribution in [0.2, 0.25) is 0 Å². The zero-order valence-electron chi connectivity index (χ0n) is 43.7. The molecule has 9 aromatic rings. The minimum Gasteiger partial charge on any atom is -0.458 e. The molecule has 7 aromatic carbocycles. The number of nitrogens with zero attached hydrogens (tertiary/aromatic N) is 4. The van der Waals surface area contributed by atoms with Crippen molar-refractivity contribution in [3.05, 3.63) is 203 Å². The lowest BCUT2D eigenvalue weighted by atomic mass is 9.19. The predicted octanol–water partition coefficient (Wildman–Crippen LogP) is 12.3. The van der Waals surface area contributed by atoms with E-state index < -0.39 is 0 Å².